The number of aromatic nitrogens is 2. The van der Waals surface area contributed by atoms with Crippen LogP contribution in [0.25, 0.3) is 0 Å². The topological polar surface area (TPSA) is 57.8 Å². The van der Waals surface area contributed by atoms with Crippen LogP contribution in [0, 0.1) is 0 Å². The zero-order valence-corrected chi connectivity index (χ0v) is 13.3. The molecule has 0 saturated carbocycles. The van der Waals surface area contributed by atoms with Crippen LogP contribution >= 0.6 is 51.1 Å². The number of hydrogen-bond donors (Lipinski definition) is 2. The Kier molecular flexibility index (Phi) is 5.15. The average molecular weight is 381 g/mol. The van der Waals surface area contributed by atoms with Gasteiger partial charge >= 0.3 is 0 Å². The van der Waals surface area contributed by atoms with E-state index in [1.54, 1.807) is 6.07 Å². The molecule has 19 heavy (non-hydrogen) atoms. The fourth-order valence-electron chi connectivity index (χ4n) is 1.34. The maximum absolute atomic E-state index is 11.6. The Bertz CT molecular complexity index is 630. The van der Waals surface area contributed by atoms with Gasteiger partial charge in [-0.3, -0.25) is 9.89 Å². The predicted molar refractivity (Wildman–Crippen MR) is 83.9 cm³/mol. The highest BCUT2D eigenvalue weighted by Crippen LogP contribution is 2.22. The van der Waals surface area contributed by atoms with E-state index in [9.17, 15) is 4.79 Å². The van der Waals surface area contributed by atoms with Crippen molar-refractivity contribution in [2.75, 3.05) is 4.72 Å². The van der Waals surface area contributed by atoms with Crippen LogP contribution in [-0.2, 0) is 5.75 Å². The summed E-state index contributed by atoms with van der Waals surface area (Å²) in [5.74, 6) is 0.860. The molecule has 1 aromatic carbocycles. The zero-order valence-electron chi connectivity index (χ0n) is 9.41. The van der Waals surface area contributed by atoms with Crippen LogP contribution in [0.3, 0.4) is 0 Å². The minimum Gasteiger partial charge on any atom is -0.309 e. The minimum absolute atomic E-state index is 0.192. The van der Waals surface area contributed by atoms with Crippen LogP contribution in [0.4, 0.5) is 5.82 Å². The molecule has 0 radical (unpaired) electrons. The predicted octanol–water partition coefficient (Wildman–Crippen LogP) is 4.10. The molecule has 0 bridgehead atoms. The summed E-state index contributed by atoms with van der Waals surface area (Å²) in [5.41, 5.74) is 0.769. The van der Waals surface area contributed by atoms with E-state index < -0.39 is 0 Å². The Hall–Kier alpha value is -0.690. The molecule has 2 N–H and O–H groups in total. The van der Waals surface area contributed by atoms with E-state index in [1.165, 1.54) is 18.0 Å². The van der Waals surface area contributed by atoms with Gasteiger partial charge in [0.15, 0.2) is 0 Å². The first-order valence-corrected chi connectivity index (χ1v) is 7.66. The summed E-state index contributed by atoms with van der Waals surface area (Å²) in [6.45, 7) is 0. The average Bonchev–Trinajstić information content (AvgIpc) is 2.30. The molecule has 2 aromatic rings. The van der Waals surface area contributed by atoms with Crippen molar-refractivity contribution < 1.29 is 0 Å². The van der Waals surface area contributed by atoms with Gasteiger partial charge in [-0.25, -0.2) is 0 Å². The lowest BCUT2D eigenvalue weighted by molar-refractivity contribution is 1.00. The summed E-state index contributed by atoms with van der Waals surface area (Å²) in [7, 11) is 0. The highest BCUT2D eigenvalue weighted by molar-refractivity contribution is 9.10. The molecule has 0 atom stereocenters. The first-order chi connectivity index (χ1) is 9.04. The summed E-state index contributed by atoms with van der Waals surface area (Å²) < 4.78 is 3.42. The Morgan fingerprint density at radius 2 is 1.95 bits per heavy atom. The molecule has 0 aliphatic rings. The van der Waals surface area contributed by atoms with E-state index in [1.807, 2.05) is 12.1 Å². The number of benzene rings is 1. The van der Waals surface area contributed by atoms with E-state index >= 15 is 0 Å². The first kappa shape index (κ1) is 14.7. The molecule has 0 aliphatic heterocycles. The van der Waals surface area contributed by atoms with Crippen molar-refractivity contribution in [3.63, 3.8) is 0 Å². The van der Waals surface area contributed by atoms with Crippen LogP contribution in [-0.4, -0.2) is 10.2 Å². The van der Waals surface area contributed by atoms with Crippen molar-refractivity contribution in [3.8, 4) is 0 Å². The van der Waals surface area contributed by atoms with Gasteiger partial charge in [-0.05, 0) is 51.6 Å². The minimum atomic E-state index is -0.192. The molecule has 0 amide bonds. The summed E-state index contributed by atoms with van der Waals surface area (Å²) in [6.07, 6.45) is 0. The molecule has 1 heterocycles. The molecule has 0 fully saturated rings. The highest BCUT2D eigenvalue weighted by atomic mass is 79.9. The van der Waals surface area contributed by atoms with Gasteiger partial charge < -0.3 is 4.72 Å². The third-order valence-corrected chi connectivity index (χ3v) is 3.75. The number of aromatic amines is 1. The number of nitrogens with zero attached hydrogens (tertiary/aromatic N) is 1. The van der Waals surface area contributed by atoms with Crippen molar-refractivity contribution in [1.29, 1.82) is 0 Å². The molecule has 100 valence electrons. The Labute approximate surface area is 132 Å². The van der Waals surface area contributed by atoms with E-state index in [0.717, 1.165) is 5.56 Å². The van der Waals surface area contributed by atoms with E-state index in [4.69, 9.17) is 23.2 Å². The third-order valence-electron chi connectivity index (χ3n) is 2.10. The van der Waals surface area contributed by atoms with Gasteiger partial charge in [0.25, 0.3) is 0 Å². The summed E-state index contributed by atoms with van der Waals surface area (Å²) >= 11 is 16.3. The highest BCUT2D eigenvalue weighted by Gasteiger charge is 2.03. The van der Waals surface area contributed by atoms with Crippen molar-refractivity contribution in [3.05, 3.63) is 54.7 Å². The maximum Gasteiger partial charge on any atom is 0.226 e. The Morgan fingerprint density at radius 3 is 2.58 bits per heavy atom. The van der Waals surface area contributed by atoms with Crippen molar-refractivity contribution in [2.45, 2.75) is 5.75 Å². The number of halogens is 3. The fourth-order valence-corrected chi connectivity index (χ4v) is 2.89. The molecule has 1 aromatic heterocycles. The molecular weight excluding hydrogens is 373 g/mol. The zero-order chi connectivity index (χ0) is 13.8. The van der Waals surface area contributed by atoms with Crippen molar-refractivity contribution >= 4 is 56.9 Å². The largest absolute Gasteiger partial charge is 0.309 e. The van der Waals surface area contributed by atoms with E-state index in [0.29, 0.717) is 20.4 Å². The fraction of sp³-hybridized carbons (Fsp3) is 0.0909. The number of anilines is 1. The third kappa shape index (κ3) is 4.42. The molecule has 2 rings (SSSR count). The molecule has 0 unspecified atom stereocenters. The van der Waals surface area contributed by atoms with Gasteiger partial charge in [0.1, 0.15) is 4.60 Å². The van der Waals surface area contributed by atoms with Gasteiger partial charge in [-0.15, -0.1) is 0 Å². The van der Waals surface area contributed by atoms with Gasteiger partial charge in [-0.2, -0.15) is 5.10 Å². The normalized spacial score (nSPS) is 10.5. The second-order valence-electron chi connectivity index (χ2n) is 3.60. The Balaban J connectivity index is 1.98. The lowest BCUT2D eigenvalue weighted by Gasteiger charge is -2.05. The number of nitrogens with one attached hydrogen (secondary N) is 2. The van der Waals surface area contributed by atoms with E-state index in [-0.39, 0.29) is 11.2 Å². The SMILES string of the molecule is O=c1cc(Br)[nH]nc1NSCc1cc(Cl)cc(Cl)c1. The van der Waals surface area contributed by atoms with Crippen molar-refractivity contribution in [1.82, 2.24) is 10.2 Å². The second kappa shape index (κ2) is 6.65. The lowest BCUT2D eigenvalue weighted by Crippen LogP contribution is -2.09. The molecule has 0 saturated heterocycles. The first-order valence-electron chi connectivity index (χ1n) is 5.12. The van der Waals surface area contributed by atoms with Crippen LogP contribution in [0.1, 0.15) is 5.56 Å². The van der Waals surface area contributed by atoms with Gasteiger partial charge in [0, 0.05) is 21.9 Å². The second-order valence-corrected chi connectivity index (χ2v) is 6.11. The Morgan fingerprint density at radius 1 is 1.26 bits per heavy atom. The quantitative estimate of drug-likeness (QED) is 0.784. The molecule has 4 nitrogen and oxygen atoms in total. The molecule has 0 aliphatic carbocycles. The van der Waals surface area contributed by atoms with Gasteiger partial charge in [-0.1, -0.05) is 23.2 Å². The van der Waals surface area contributed by atoms with Crippen LogP contribution in [0.15, 0.2) is 33.7 Å². The maximum atomic E-state index is 11.6. The van der Waals surface area contributed by atoms with Crippen molar-refractivity contribution in [2.24, 2.45) is 0 Å². The summed E-state index contributed by atoms with van der Waals surface area (Å²) in [5, 5.41) is 7.70. The van der Waals surface area contributed by atoms with E-state index in [2.05, 4.69) is 30.8 Å². The monoisotopic (exact) mass is 379 g/mol. The van der Waals surface area contributed by atoms with Gasteiger partial charge in [0.05, 0.1) is 0 Å². The molecular formula is C11H8BrCl2N3OS. The summed E-state index contributed by atoms with van der Waals surface area (Å²) in [6, 6.07) is 6.72. The lowest BCUT2D eigenvalue weighted by atomic mass is 10.2. The molecule has 8 heteroatoms. The summed E-state index contributed by atoms with van der Waals surface area (Å²) in [4.78, 5) is 11.6. The van der Waals surface area contributed by atoms with Gasteiger partial charge in [0.2, 0.25) is 11.2 Å². The van der Waals surface area contributed by atoms with Crippen LogP contribution < -0.4 is 10.2 Å². The van der Waals surface area contributed by atoms with Crippen LogP contribution in [0.2, 0.25) is 10.0 Å². The van der Waals surface area contributed by atoms with Crippen LogP contribution in [0.5, 0.6) is 0 Å². The smallest absolute Gasteiger partial charge is 0.226 e. The number of rotatable bonds is 4. The molecule has 0 spiro atoms. The number of H-pyrrole nitrogens is 1. The number of hydrogen-bond acceptors (Lipinski definition) is 4. The standard InChI is InChI=1S/C11H8BrCl2N3OS/c12-10-4-9(18)11(16-15-10)17-19-5-6-1-7(13)3-8(14)2-6/h1-4H,5H2,(H,15,18)(H,16,17).